The van der Waals surface area contributed by atoms with Gasteiger partial charge in [0, 0.05) is 78.1 Å². The number of ether oxygens (including phenoxy) is 4. The molecule has 2 aromatic carbocycles. The van der Waals surface area contributed by atoms with Gasteiger partial charge in [-0.2, -0.15) is 0 Å². The van der Waals surface area contributed by atoms with Crippen LogP contribution in [0, 0.1) is 16.5 Å². The van der Waals surface area contributed by atoms with Gasteiger partial charge >= 0.3 is 17.9 Å². The second-order valence-corrected chi connectivity index (χ2v) is 18.6. The van der Waals surface area contributed by atoms with Crippen LogP contribution in [0.4, 0.5) is 5.69 Å². The average Bonchev–Trinajstić information content (AvgIpc) is 3.90. The highest BCUT2D eigenvalue weighted by atomic mass is 16.6. The number of quaternary nitrogens is 1. The molecule has 1 aromatic heterocycles. The van der Waals surface area contributed by atoms with Crippen molar-refractivity contribution >= 4 is 34.5 Å². The number of nitrogens with one attached hydrogen (secondary N) is 1. The van der Waals surface area contributed by atoms with Gasteiger partial charge in [0.05, 0.1) is 40.5 Å². The van der Waals surface area contributed by atoms with Gasteiger partial charge < -0.3 is 48.9 Å². The maximum atomic E-state index is 15.6. The van der Waals surface area contributed by atoms with Crippen LogP contribution in [0.1, 0.15) is 75.3 Å². The molecule has 3 N–H and O–H groups in total. The molecule has 9 rings (SSSR count). The highest BCUT2D eigenvalue weighted by molar-refractivity contribution is 5.95. The summed E-state index contributed by atoms with van der Waals surface area (Å²) in [5, 5.41) is 41.4. The standard InChI is InChI=1S/C46H58N4O10/c1-8-42(54)23-28-24-45(40(52)58-6,36-31(15-20-50(56,25-28)26-42)30-13-10-11-14-33(30)47-36)32-21-29(57-5)22-34-35(32)44-17-19-49-18-12-16-43(9-2,37(44)49)39(60-27(3)51)46(55,41(53)59-7)38(44)48(34)4/h10-14,16,21-22,28,37-39,47,54-55H,8-9,15,17-20,23-26H2,1-7H3/t28-,37-,38+,39?,42+,43+,44+,45-,46-,50?/m0/s1. The van der Waals surface area contributed by atoms with Crippen molar-refractivity contribution in [3.8, 4) is 5.75 Å². The Morgan fingerprint density at radius 3 is 2.45 bits per heavy atom. The Hall–Kier alpha value is -4.47. The number of likely N-dealkylation sites (N-methyl/N-ethyl adjacent to an activating group) is 1. The van der Waals surface area contributed by atoms with E-state index in [2.05, 4.69) is 9.88 Å². The summed E-state index contributed by atoms with van der Waals surface area (Å²) in [6, 6.07) is 10.2. The Bertz CT molecular complexity index is 2310. The molecule has 3 aromatic rings. The highest BCUT2D eigenvalue weighted by Crippen LogP contribution is 2.69. The first-order valence-corrected chi connectivity index (χ1v) is 21.4. The monoisotopic (exact) mass is 826 g/mol. The fourth-order valence-electron chi connectivity index (χ4n) is 13.8. The highest BCUT2D eigenvalue weighted by Gasteiger charge is 2.81. The number of hydrogen-bond donors (Lipinski definition) is 3. The second kappa shape index (κ2) is 13.8. The molecule has 6 aliphatic rings. The van der Waals surface area contributed by atoms with Gasteiger partial charge in [-0.1, -0.05) is 44.2 Å². The van der Waals surface area contributed by atoms with Crippen molar-refractivity contribution in [3.05, 3.63) is 76.1 Å². The predicted molar refractivity (Wildman–Crippen MR) is 222 cm³/mol. The van der Waals surface area contributed by atoms with E-state index >= 15 is 4.79 Å². The number of carbonyl (C=O) groups is 3. The molecule has 1 aliphatic carbocycles. The van der Waals surface area contributed by atoms with Crippen LogP contribution in [-0.2, 0) is 45.8 Å². The lowest BCUT2D eigenvalue weighted by atomic mass is 9.46. The molecule has 1 saturated carbocycles. The van der Waals surface area contributed by atoms with Crippen molar-refractivity contribution in [3.63, 3.8) is 0 Å². The summed E-state index contributed by atoms with van der Waals surface area (Å²) in [5.41, 5.74) is -3.17. The third-order valence-corrected chi connectivity index (χ3v) is 15.8. The lowest BCUT2D eigenvalue weighted by molar-refractivity contribution is -0.896. The molecule has 14 nitrogen and oxygen atoms in total. The predicted octanol–water partition coefficient (Wildman–Crippen LogP) is 4.00. The molecule has 3 fully saturated rings. The molecule has 2 saturated heterocycles. The molecule has 0 amide bonds. The fraction of sp³-hybridized carbons (Fsp3) is 0.587. The fourth-order valence-corrected chi connectivity index (χ4v) is 13.8. The number of nitrogens with zero attached hydrogens (tertiary/aromatic N) is 3. The Morgan fingerprint density at radius 1 is 1.02 bits per heavy atom. The van der Waals surface area contributed by atoms with Crippen molar-refractivity contribution in [1.29, 1.82) is 0 Å². The van der Waals surface area contributed by atoms with E-state index in [1.807, 2.05) is 74.3 Å². The van der Waals surface area contributed by atoms with Crippen LogP contribution in [0.3, 0.4) is 0 Å². The first-order chi connectivity index (χ1) is 28.6. The van der Waals surface area contributed by atoms with Gasteiger partial charge in [-0.25, -0.2) is 4.79 Å². The first kappa shape index (κ1) is 40.9. The summed E-state index contributed by atoms with van der Waals surface area (Å²) >= 11 is 0. The normalized spacial score (nSPS) is 37.8. The molecule has 322 valence electrons. The van der Waals surface area contributed by atoms with E-state index in [0.29, 0.717) is 67.9 Å². The molecule has 1 spiro atoms. The van der Waals surface area contributed by atoms with Gasteiger partial charge in [-0.05, 0) is 67.5 Å². The zero-order chi connectivity index (χ0) is 42.8. The molecule has 6 heterocycles. The van der Waals surface area contributed by atoms with Gasteiger partial charge in [0.2, 0.25) is 5.60 Å². The largest absolute Gasteiger partial charge is 0.633 e. The number of benzene rings is 2. The van der Waals surface area contributed by atoms with Crippen molar-refractivity contribution < 1.29 is 48.2 Å². The summed E-state index contributed by atoms with van der Waals surface area (Å²) in [6.07, 6.45) is 4.74. The summed E-state index contributed by atoms with van der Waals surface area (Å²) in [5.74, 6) is -2.09. The lowest BCUT2D eigenvalue weighted by Crippen LogP contribution is -2.81. The Balaban J connectivity index is 1.43. The Labute approximate surface area is 350 Å². The van der Waals surface area contributed by atoms with E-state index in [-0.39, 0.29) is 26.1 Å². The summed E-state index contributed by atoms with van der Waals surface area (Å²) in [7, 11) is 6.00. The summed E-state index contributed by atoms with van der Waals surface area (Å²) in [4.78, 5) is 51.3. The Kier molecular flexibility index (Phi) is 9.39. The summed E-state index contributed by atoms with van der Waals surface area (Å²) in [6.45, 7) is 6.82. The van der Waals surface area contributed by atoms with Crippen LogP contribution in [0.5, 0.6) is 5.75 Å². The number of piperidine rings is 1. The number of anilines is 1. The molecule has 5 aliphatic heterocycles. The van der Waals surface area contributed by atoms with Crippen LogP contribution in [0.15, 0.2) is 48.6 Å². The van der Waals surface area contributed by atoms with Crippen LogP contribution < -0.4 is 9.64 Å². The van der Waals surface area contributed by atoms with Gasteiger partial charge in [0.1, 0.15) is 23.3 Å². The van der Waals surface area contributed by atoms with Gasteiger partial charge in [-0.3, -0.25) is 14.5 Å². The smallest absolute Gasteiger partial charge is 0.344 e. The van der Waals surface area contributed by atoms with E-state index in [9.17, 15) is 25.0 Å². The maximum absolute atomic E-state index is 15.6. The van der Waals surface area contributed by atoms with Crippen LogP contribution in [0.25, 0.3) is 10.9 Å². The molecule has 14 heteroatoms. The topological polar surface area (TPSA) is 174 Å². The number of esters is 3. The van der Waals surface area contributed by atoms with Crippen LogP contribution >= 0.6 is 0 Å². The number of hydroxylamine groups is 3. The van der Waals surface area contributed by atoms with Gasteiger partial charge in [0.25, 0.3) is 0 Å². The molecule has 0 radical (unpaired) electrons. The second-order valence-electron chi connectivity index (χ2n) is 18.6. The minimum Gasteiger partial charge on any atom is -0.633 e. The molecule has 2 bridgehead atoms. The number of aromatic nitrogens is 1. The minimum atomic E-state index is -2.40. The zero-order valence-corrected chi connectivity index (χ0v) is 35.7. The lowest BCUT2D eigenvalue weighted by Gasteiger charge is -2.63. The molecular formula is C46H58N4O10. The number of hydrogen-bond acceptors (Lipinski definition) is 12. The van der Waals surface area contributed by atoms with Crippen LogP contribution in [-0.4, -0.2) is 133 Å². The first-order valence-electron chi connectivity index (χ1n) is 21.4. The molecular weight excluding hydrogens is 769 g/mol. The number of aliphatic hydroxyl groups is 2. The third-order valence-electron chi connectivity index (χ3n) is 15.8. The van der Waals surface area contributed by atoms with E-state index in [4.69, 9.17) is 18.9 Å². The zero-order valence-electron chi connectivity index (χ0n) is 35.7. The quantitative estimate of drug-likeness (QED) is 0.103. The SMILES string of the molecule is CC[C@@]1(O)C[C@H]2C[C@](C(=O)OC)(c3cc(OC)cc4c3[C@@]35CCN6CC=C[C@@](CC)(C(OC(C)=O)[C@](O)(C(=O)OC)[C@@H]3N4C)[C@H]65)c3[nH]c4ccccc4c3CC[N+]([O-])(C2)C1. The number of methoxy groups -OCH3 is 3. The van der Waals surface area contributed by atoms with E-state index < -0.39 is 74.1 Å². The minimum absolute atomic E-state index is 0.0623. The van der Waals surface area contributed by atoms with Crippen molar-refractivity contribution in [2.45, 2.75) is 99.5 Å². The summed E-state index contributed by atoms with van der Waals surface area (Å²) < 4.78 is 23.2. The molecule has 2 unspecified atom stereocenters. The van der Waals surface area contributed by atoms with E-state index in [0.717, 1.165) is 22.0 Å². The maximum Gasteiger partial charge on any atom is 0.344 e. The number of fused-ring (bicyclic) bond motifs is 6. The molecule has 10 atom stereocenters. The Morgan fingerprint density at radius 2 is 1.77 bits per heavy atom. The van der Waals surface area contributed by atoms with E-state index in [1.54, 1.807) is 7.11 Å². The number of para-hydroxylation sites is 1. The van der Waals surface area contributed by atoms with Crippen molar-refractivity contribution in [1.82, 2.24) is 9.88 Å². The van der Waals surface area contributed by atoms with Gasteiger partial charge in [-0.15, -0.1) is 0 Å². The number of aromatic amines is 1. The number of H-pyrrole nitrogens is 1. The van der Waals surface area contributed by atoms with Crippen LogP contribution in [0.2, 0.25) is 0 Å². The van der Waals surface area contributed by atoms with Crippen molar-refractivity contribution in [2.75, 3.05) is 66.0 Å². The molecule has 60 heavy (non-hydrogen) atoms. The van der Waals surface area contributed by atoms with Crippen molar-refractivity contribution in [2.24, 2.45) is 11.3 Å². The third kappa shape index (κ3) is 5.20. The van der Waals surface area contributed by atoms with Gasteiger partial charge in [0.15, 0.2) is 6.10 Å². The number of rotatable bonds is 7. The number of carbonyl (C=O) groups excluding carboxylic acids is 3. The average molecular weight is 827 g/mol. The van der Waals surface area contributed by atoms with E-state index in [1.165, 1.54) is 21.1 Å².